The summed E-state index contributed by atoms with van der Waals surface area (Å²) in [7, 11) is -3.75. The van der Waals surface area contributed by atoms with Gasteiger partial charge in [-0.1, -0.05) is 35.9 Å². The Morgan fingerprint density at radius 2 is 1.96 bits per heavy atom. The second-order valence-corrected chi connectivity index (χ2v) is 9.37. The van der Waals surface area contributed by atoms with Gasteiger partial charge in [-0.15, -0.1) is 11.3 Å². The molecule has 9 heteroatoms. The average molecular weight is 434 g/mol. The van der Waals surface area contributed by atoms with Crippen LogP contribution in [0.5, 0.6) is 0 Å². The Morgan fingerprint density at radius 1 is 1.14 bits per heavy atom. The standard InChI is InChI=1S/C19H16ClN3O3S2/c20-17-14-7-1-2-8-15(14)27-18(17)19(24)22-12-5-3-6-13(11-12)28(25,26)23-16-9-4-10-21-16/h1-3,5-8,11H,4,9-10H2,(H,21,23)(H,22,24). The van der Waals surface area contributed by atoms with Crippen LogP contribution in [-0.2, 0) is 10.0 Å². The number of halogens is 1. The van der Waals surface area contributed by atoms with Gasteiger partial charge in [-0.3, -0.25) is 14.5 Å². The molecule has 0 atom stereocenters. The Kier molecular flexibility index (Phi) is 5.09. The zero-order valence-electron chi connectivity index (χ0n) is 14.6. The van der Waals surface area contributed by atoms with Crippen LogP contribution < -0.4 is 10.0 Å². The topological polar surface area (TPSA) is 87.6 Å². The fourth-order valence-electron chi connectivity index (χ4n) is 2.93. The van der Waals surface area contributed by atoms with Crippen LogP contribution in [0.2, 0.25) is 5.02 Å². The third-order valence-corrected chi connectivity index (χ3v) is 7.32. The van der Waals surface area contributed by atoms with Gasteiger partial charge in [0, 0.05) is 28.7 Å². The summed E-state index contributed by atoms with van der Waals surface area (Å²) in [5, 5.41) is 3.94. The number of carbonyl (C=O) groups is 1. The van der Waals surface area contributed by atoms with Crippen LogP contribution in [0, 0.1) is 0 Å². The van der Waals surface area contributed by atoms with Crippen molar-refractivity contribution in [2.75, 3.05) is 11.9 Å². The number of anilines is 1. The van der Waals surface area contributed by atoms with Crippen LogP contribution >= 0.6 is 22.9 Å². The van der Waals surface area contributed by atoms with Crippen molar-refractivity contribution < 1.29 is 13.2 Å². The molecule has 0 aliphatic carbocycles. The van der Waals surface area contributed by atoms with Crippen LogP contribution in [0.4, 0.5) is 5.69 Å². The number of fused-ring (bicyclic) bond motifs is 1. The Bertz CT molecular complexity index is 1200. The van der Waals surface area contributed by atoms with Gasteiger partial charge in [0.25, 0.3) is 15.9 Å². The normalized spacial score (nSPS) is 14.1. The summed E-state index contributed by atoms with van der Waals surface area (Å²) in [6, 6.07) is 13.6. The number of nitrogens with zero attached hydrogens (tertiary/aromatic N) is 1. The van der Waals surface area contributed by atoms with E-state index < -0.39 is 10.0 Å². The number of hydrogen-bond acceptors (Lipinski definition) is 5. The van der Waals surface area contributed by atoms with Gasteiger partial charge >= 0.3 is 0 Å². The Labute approximate surface area is 171 Å². The summed E-state index contributed by atoms with van der Waals surface area (Å²) in [4.78, 5) is 17.2. The molecule has 2 aromatic carbocycles. The molecule has 6 nitrogen and oxygen atoms in total. The molecule has 0 bridgehead atoms. The van der Waals surface area contributed by atoms with E-state index in [2.05, 4.69) is 15.0 Å². The number of hydrogen-bond donors (Lipinski definition) is 2. The molecule has 28 heavy (non-hydrogen) atoms. The first kappa shape index (κ1) is 18.9. The van der Waals surface area contributed by atoms with E-state index in [4.69, 9.17) is 11.6 Å². The summed E-state index contributed by atoms with van der Waals surface area (Å²) in [6.45, 7) is 0.629. The summed E-state index contributed by atoms with van der Waals surface area (Å²) < 4.78 is 28.5. The molecule has 0 saturated carbocycles. The first-order valence-corrected chi connectivity index (χ1v) is 11.3. The zero-order chi connectivity index (χ0) is 19.7. The third-order valence-electron chi connectivity index (χ3n) is 4.27. The molecular weight excluding hydrogens is 418 g/mol. The Morgan fingerprint density at radius 3 is 2.71 bits per heavy atom. The molecule has 1 aromatic heterocycles. The van der Waals surface area contributed by atoms with E-state index in [-0.39, 0.29) is 10.8 Å². The highest BCUT2D eigenvalue weighted by Gasteiger charge is 2.20. The van der Waals surface area contributed by atoms with Crippen molar-refractivity contribution in [2.24, 2.45) is 4.99 Å². The summed E-state index contributed by atoms with van der Waals surface area (Å²) in [5.74, 6) is 0.0837. The van der Waals surface area contributed by atoms with Gasteiger partial charge in [0.05, 0.1) is 9.92 Å². The SMILES string of the molecule is O=C(Nc1cccc(S(=O)(=O)NC2=NCCC2)c1)c1sc2ccccc2c1Cl. The number of sulfonamides is 1. The highest BCUT2D eigenvalue weighted by atomic mass is 35.5. The lowest BCUT2D eigenvalue weighted by molar-refractivity contribution is 0.103. The summed E-state index contributed by atoms with van der Waals surface area (Å²) >= 11 is 7.64. The van der Waals surface area contributed by atoms with Gasteiger partial charge in [0.1, 0.15) is 10.7 Å². The van der Waals surface area contributed by atoms with E-state index in [1.165, 1.54) is 23.5 Å². The van der Waals surface area contributed by atoms with Crippen LogP contribution in [-0.4, -0.2) is 26.7 Å². The molecule has 0 unspecified atom stereocenters. The number of rotatable bonds is 4. The molecule has 2 heterocycles. The van der Waals surface area contributed by atoms with Gasteiger partial charge in [-0.25, -0.2) is 8.42 Å². The van der Waals surface area contributed by atoms with Gasteiger partial charge in [-0.05, 0) is 30.7 Å². The highest BCUT2D eigenvalue weighted by Crippen LogP contribution is 2.35. The Hall–Kier alpha value is -2.42. The van der Waals surface area contributed by atoms with Crippen molar-refractivity contribution in [1.29, 1.82) is 0 Å². The van der Waals surface area contributed by atoms with Crippen LogP contribution in [0.1, 0.15) is 22.5 Å². The van der Waals surface area contributed by atoms with Crippen molar-refractivity contribution in [2.45, 2.75) is 17.7 Å². The summed E-state index contributed by atoms with van der Waals surface area (Å²) in [6.07, 6.45) is 1.45. The molecule has 2 N–H and O–H groups in total. The molecule has 144 valence electrons. The molecule has 0 radical (unpaired) electrons. The average Bonchev–Trinajstić information content (AvgIpc) is 3.30. The monoisotopic (exact) mass is 433 g/mol. The Balaban J connectivity index is 1.57. The number of benzene rings is 2. The van der Waals surface area contributed by atoms with E-state index in [1.807, 2.05) is 24.3 Å². The molecule has 0 saturated heterocycles. The number of carbonyl (C=O) groups excluding carboxylic acids is 1. The van der Waals surface area contributed by atoms with Crippen molar-refractivity contribution in [1.82, 2.24) is 4.72 Å². The molecule has 0 fully saturated rings. The van der Waals surface area contributed by atoms with Gasteiger partial charge in [0.15, 0.2) is 0 Å². The van der Waals surface area contributed by atoms with E-state index in [9.17, 15) is 13.2 Å². The van der Waals surface area contributed by atoms with E-state index in [0.29, 0.717) is 34.4 Å². The van der Waals surface area contributed by atoms with Crippen molar-refractivity contribution in [3.63, 3.8) is 0 Å². The maximum Gasteiger partial charge on any atom is 0.267 e. The number of amides is 1. The minimum absolute atomic E-state index is 0.0577. The number of thiophene rings is 1. The second kappa shape index (κ2) is 7.54. The number of amidine groups is 1. The van der Waals surface area contributed by atoms with Gasteiger partial charge in [-0.2, -0.15) is 0 Å². The lowest BCUT2D eigenvalue weighted by atomic mass is 10.2. The molecular formula is C19H16ClN3O3S2. The largest absolute Gasteiger partial charge is 0.321 e. The fraction of sp³-hybridized carbons (Fsp3) is 0.158. The first-order chi connectivity index (χ1) is 13.4. The maximum atomic E-state index is 12.7. The number of nitrogens with one attached hydrogen (secondary N) is 2. The molecule has 3 aromatic rings. The predicted octanol–water partition coefficient (Wildman–Crippen LogP) is 4.28. The predicted molar refractivity (Wildman–Crippen MR) is 113 cm³/mol. The van der Waals surface area contributed by atoms with Crippen LogP contribution in [0.25, 0.3) is 10.1 Å². The van der Waals surface area contributed by atoms with Crippen LogP contribution in [0.15, 0.2) is 58.4 Å². The lowest BCUT2D eigenvalue weighted by Crippen LogP contribution is -2.29. The molecule has 1 aliphatic rings. The number of aliphatic imine (C=N–C) groups is 1. The minimum Gasteiger partial charge on any atom is -0.321 e. The van der Waals surface area contributed by atoms with E-state index >= 15 is 0 Å². The van der Waals surface area contributed by atoms with Crippen molar-refractivity contribution in [3.8, 4) is 0 Å². The molecule has 1 aliphatic heterocycles. The third kappa shape index (κ3) is 3.76. The van der Waals surface area contributed by atoms with Crippen LogP contribution in [0.3, 0.4) is 0 Å². The van der Waals surface area contributed by atoms with E-state index in [1.54, 1.807) is 12.1 Å². The molecule has 0 spiro atoms. The fourth-order valence-corrected chi connectivity index (χ4v) is 5.47. The maximum absolute atomic E-state index is 12.7. The minimum atomic E-state index is -3.75. The first-order valence-electron chi connectivity index (χ1n) is 8.59. The highest BCUT2D eigenvalue weighted by molar-refractivity contribution is 7.90. The van der Waals surface area contributed by atoms with Gasteiger partial charge < -0.3 is 5.32 Å². The molecule has 4 rings (SSSR count). The quantitative estimate of drug-likeness (QED) is 0.643. The lowest BCUT2D eigenvalue weighted by Gasteiger charge is -2.10. The second-order valence-electron chi connectivity index (χ2n) is 6.26. The smallest absolute Gasteiger partial charge is 0.267 e. The van der Waals surface area contributed by atoms with Crippen molar-refractivity contribution in [3.05, 3.63) is 58.4 Å². The van der Waals surface area contributed by atoms with Gasteiger partial charge in [0.2, 0.25) is 0 Å². The molecule has 1 amide bonds. The summed E-state index contributed by atoms with van der Waals surface area (Å²) in [5.41, 5.74) is 0.370. The van der Waals surface area contributed by atoms with Crippen molar-refractivity contribution >= 4 is 60.5 Å². The van der Waals surface area contributed by atoms with E-state index in [0.717, 1.165) is 16.5 Å². The zero-order valence-corrected chi connectivity index (χ0v) is 17.0.